The first kappa shape index (κ1) is 36.3. The van der Waals surface area contributed by atoms with Crippen LogP contribution in [0.1, 0.15) is 98.4 Å². The smallest absolute Gasteiger partial charge is 0.254 e. The second kappa shape index (κ2) is 15.3. The number of hydrogen-bond donors (Lipinski definition) is 2. The number of nitrogens with one attached hydrogen (secondary N) is 1. The number of amides is 3. The Balaban J connectivity index is 0.00000451. The summed E-state index contributed by atoms with van der Waals surface area (Å²) in [6.07, 6.45) is 7.67. The van der Waals surface area contributed by atoms with E-state index < -0.39 is 17.2 Å². The Kier molecular flexibility index (Phi) is 11.5. The third kappa shape index (κ3) is 7.29. The van der Waals surface area contributed by atoms with E-state index in [1.807, 2.05) is 45.7 Å². The van der Waals surface area contributed by atoms with Crippen LogP contribution < -0.4 is 5.32 Å². The Morgan fingerprint density at radius 2 is 1.67 bits per heavy atom. The van der Waals surface area contributed by atoms with Crippen molar-refractivity contribution in [2.24, 2.45) is 0 Å². The van der Waals surface area contributed by atoms with E-state index in [2.05, 4.69) is 24.1 Å². The number of carbonyl (C=O) groups excluding carboxylic acids is 3. The molecular formula is C36H53ClN6O5. The predicted octanol–water partition coefficient (Wildman–Crippen LogP) is 3.93. The van der Waals surface area contributed by atoms with Crippen LogP contribution in [0.4, 0.5) is 0 Å². The number of rotatable bonds is 9. The van der Waals surface area contributed by atoms with E-state index in [1.165, 1.54) is 0 Å². The lowest BCUT2D eigenvalue weighted by Gasteiger charge is -2.52. The van der Waals surface area contributed by atoms with Crippen LogP contribution in [0, 0.1) is 13.8 Å². The molecule has 1 aromatic carbocycles. The maximum atomic E-state index is 14.0. The van der Waals surface area contributed by atoms with Crippen molar-refractivity contribution in [2.45, 2.75) is 109 Å². The summed E-state index contributed by atoms with van der Waals surface area (Å²) in [4.78, 5) is 46.8. The summed E-state index contributed by atoms with van der Waals surface area (Å²) in [6, 6.07) is 6.98. The largest absolute Gasteiger partial charge is 0.390 e. The summed E-state index contributed by atoms with van der Waals surface area (Å²) in [5.74, 6) is -0.0699. The second-order valence-corrected chi connectivity index (χ2v) is 14.2. The van der Waals surface area contributed by atoms with E-state index in [4.69, 9.17) is 9.84 Å². The van der Waals surface area contributed by atoms with Gasteiger partial charge < -0.3 is 25.0 Å². The monoisotopic (exact) mass is 684 g/mol. The Morgan fingerprint density at radius 3 is 2.31 bits per heavy atom. The molecule has 1 aromatic heterocycles. The lowest BCUT2D eigenvalue weighted by atomic mass is 9.77. The molecule has 264 valence electrons. The Bertz CT molecular complexity index is 1440. The van der Waals surface area contributed by atoms with E-state index in [-0.39, 0.29) is 30.1 Å². The van der Waals surface area contributed by atoms with Crippen molar-refractivity contribution in [3.05, 3.63) is 46.8 Å². The molecular weight excluding hydrogens is 632 g/mol. The highest BCUT2D eigenvalue weighted by atomic mass is 35.5. The summed E-state index contributed by atoms with van der Waals surface area (Å²) in [5, 5.41) is 19.2. The minimum atomic E-state index is -0.876. The normalized spacial score (nSPS) is 22.8. The minimum absolute atomic E-state index is 0. The minimum Gasteiger partial charge on any atom is -0.390 e. The number of hydrogen-bond acceptors (Lipinski definition) is 7. The second-order valence-electron chi connectivity index (χ2n) is 14.2. The molecule has 0 bridgehead atoms. The van der Waals surface area contributed by atoms with Gasteiger partial charge in [-0.05, 0) is 70.2 Å². The maximum absolute atomic E-state index is 14.0. The molecule has 1 spiro atoms. The molecule has 6 rings (SSSR count). The number of piperidine rings is 1. The summed E-state index contributed by atoms with van der Waals surface area (Å²) >= 11 is 0. The fourth-order valence-electron chi connectivity index (χ4n) is 8.10. The van der Waals surface area contributed by atoms with Gasteiger partial charge in [0.05, 0.1) is 30.2 Å². The van der Waals surface area contributed by atoms with Gasteiger partial charge in [-0.25, -0.2) is 4.68 Å². The van der Waals surface area contributed by atoms with Crippen LogP contribution in [0.5, 0.6) is 0 Å². The number of piperazine rings is 1. The molecule has 48 heavy (non-hydrogen) atoms. The van der Waals surface area contributed by atoms with Gasteiger partial charge in [-0.2, -0.15) is 5.10 Å². The molecule has 4 heterocycles. The van der Waals surface area contributed by atoms with Gasteiger partial charge in [0.2, 0.25) is 11.8 Å². The number of aliphatic hydroxyl groups is 1. The van der Waals surface area contributed by atoms with Crippen LogP contribution in [0.3, 0.4) is 0 Å². The van der Waals surface area contributed by atoms with E-state index in [0.29, 0.717) is 90.1 Å². The molecule has 1 saturated carbocycles. The molecule has 12 heteroatoms. The van der Waals surface area contributed by atoms with Crippen LogP contribution in [-0.2, 0) is 20.9 Å². The summed E-state index contributed by atoms with van der Waals surface area (Å²) in [5.41, 5.74) is 3.01. The van der Waals surface area contributed by atoms with Crippen LogP contribution in [0.15, 0.2) is 24.3 Å². The van der Waals surface area contributed by atoms with Gasteiger partial charge in [0.25, 0.3) is 5.91 Å². The highest BCUT2D eigenvalue weighted by Crippen LogP contribution is 2.38. The van der Waals surface area contributed by atoms with Gasteiger partial charge in [-0.3, -0.25) is 19.3 Å². The quantitative estimate of drug-likeness (QED) is 0.411. The van der Waals surface area contributed by atoms with Gasteiger partial charge >= 0.3 is 0 Å². The highest BCUT2D eigenvalue weighted by molar-refractivity contribution is 6.00. The van der Waals surface area contributed by atoms with E-state index >= 15 is 0 Å². The molecule has 2 N–H and O–H groups in total. The molecule has 11 nitrogen and oxygen atoms in total. The zero-order valence-electron chi connectivity index (χ0n) is 28.8. The molecule has 0 radical (unpaired) electrons. The van der Waals surface area contributed by atoms with Crippen molar-refractivity contribution in [3.8, 4) is 5.69 Å². The molecule has 4 aliphatic rings. The Labute approximate surface area is 290 Å². The predicted molar refractivity (Wildman–Crippen MR) is 185 cm³/mol. The lowest BCUT2D eigenvalue weighted by Crippen LogP contribution is -2.73. The van der Waals surface area contributed by atoms with Crippen molar-refractivity contribution >= 4 is 30.1 Å². The molecule has 1 aliphatic carbocycles. The Morgan fingerprint density at radius 1 is 1.00 bits per heavy atom. The van der Waals surface area contributed by atoms with Crippen molar-refractivity contribution in [1.82, 2.24) is 29.8 Å². The van der Waals surface area contributed by atoms with Crippen LogP contribution in [-0.4, -0.2) is 110 Å². The summed E-state index contributed by atoms with van der Waals surface area (Å²) in [6.45, 7) is 11.3. The van der Waals surface area contributed by atoms with Crippen molar-refractivity contribution in [3.63, 3.8) is 0 Å². The molecule has 3 amide bonds. The van der Waals surface area contributed by atoms with Gasteiger partial charge in [-0.1, -0.05) is 32.6 Å². The number of benzene rings is 1. The average Bonchev–Trinajstić information content (AvgIpc) is 3.37. The van der Waals surface area contributed by atoms with Crippen LogP contribution in [0.2, 0.25) is 0 Å². The number of carbonyl (C=O) groups is 3. The molecule has 0 unspecified atom stereocenters. The zero-order chi connectivity index (χ0) is 33.2. The maximum Gasteiger partial charge on any atom is 0.254 e. The van der Waals surface area contributed by atoms with Gasteiger partial charge in [0.1, 0.15) is 11.6 Å². The number of unbranched alkanes of at least 4 members (excludes halogenated alkanes) is 1. The highest BCUT2D eigenvalue weighted by Gasteiger charge is 2.54. The third-order valence-corrected chi connectivity index (χ3v) is 11.1. The molecule has 3 saturated heterocycles. The van der Waals surface area contributed by atoms with E-state index in [9.17, 15) is 19.5 Å². The zero-order valence-corrected chi connectivity index (χ0v) is 29.7. The first-order valence-corrected chi connectivity index (χ1v) is 17.7. The topological polar surface area (TPSA) is 120 Å². The number of ether oxygens (including phenoxy) is 1. The SMILES string of the molecule is CCCCN1C(=O)[C@@H](CC2(O)CCCCC2)NC(=O)C12CCN(Cc1c(C)nn(-c3ccc(C(=O)N4CCOCC4)cc3)c1C)CC2.Cl. The van der Waals surface area contributed by atoms with Crippen molar-refractivity contribution < 1.29 is 24.2 Å². The molecule has 2 aromatic rings. The first-order valence-electron chi connectivity index (χ1n) is 17.7. The van der Waals surface area contributed by atoms with E-state index in [0.717, 1.165) is 54.7 Å². The van der Waals surface area contributed by atoms with Gasteiger partial charge in [-0.15, -0.1) is 12.4 Å². The van der Waals surface area contributed by atoms with Gasteiger partial charge in [0.15, 0.2) is 0 Å². The molecule has 4 fully saturated rings. The summed E-state index contributed by atoms with van der Waals surface area (Å²) in [7, 11) is 0. The summed E-state index contributed by atoms with van der Waals surface area (Å²) < 4.78 is 7.32. The van der Waals surface area contributed by atoms with Crippen molar-refractivity contribution in [2.75, 3.05) is 45.9 Å². The van der Waals surface area contributed by atoms with Crippen LogP contribution >= 0.6 is 12.4 Å². The third-order valence-electron chi connectivity index (χ3n) is 11.1. The lowest BCUT2D eigenvalue weighted by molar-refractivity contribution is -0.163. The molecule has 3 aliphatic heterocycles. The van der Waals surface area contributed by atoms with E-state index in [1.54, 1.807) is 0 Å². The number of morpholine rings is 1. The number of likely N-dealkylation sites (tertiary alicyclic amines) is 1. The number of aromatic nitrogens is 2. The van der Waals surface area contributed by atoms with Crippen molar-refractivity contribution in [1.29, 1.82) is 0 Å². The molecule has 1 atom stereocenters. The number of halogens is 1. The Hall–Kier alpha value is -2.99. The number of nitrogens with zero attached hydrogens (tertiary/aromatic N) is 5. The standard InChI is InChI=1S/C36H52N6O5.ClH/c1-4-5-17-41-33(44)31(24-35(46)13-7-6-8-14-35)37-34(45)36(41)15-18-39(19-16-36)25-30-26(2)38-42(27(30)3)29-11-9-28(10-12-29)32(43)40-20-22-47-23-21-40;/h9-12,31,46H,4-8,13-25H2,1-3H3,(H,37,45);1H/t31-;/m1./s1. The number of aryl methyl sites for hydroxylation is 1. The van der Waals surface area contributed by atoms with Gasteiger partial charge in [0, 0.05) is 62.5 Å². The fraction of sp³-hybridized carbons (Fsp3) is 0.667. The van der Waals surface area contributed by atoms with Crippen LogP contribution in [0.25, 0.3) is 5.69 Å². The average molecular weight is 685 g/mol. The fourth-order valence-corrected chi connectivity index (χ4v) is 8.10. The first-order chi connectivity index (χ1) is 22.6.